The highest BCUT2D eigenvalue weighted by molar-refractivity contribution is 5.93. The fourth-order valence-corrected chi connectivity index (χ4v) is 1.64. The molecule has 2 aromatic carbocycles. The zero-order valence-corrected chi connectivity index (χ0v) is 9.08. The highest BCUT2D eigenvalue weighted by Crippen LogP contribution is 2.27. The molecule has 0 saturated heterocycles. The van der Waals surface area contributed by atoms with Crippen molar-refractivity contribution in [1.82, 2.24) is 0 Å². The molecule has 0 aliphatic heterocycles. The fourth-order valence-electron chi connectivity index (χ4n) is 1.64. The average molecular weight is 251 g/mol. The number of benzene rings is 2. The Morgan fingerprint density at radius 2 is 1.61 bits per heavy atom. The molecule has 0 saturated carbocycles. The van der Waals surface area contributed by atoms with Gasteiger partial charge in [-0.25, -0.2) is 13.2 Å². The lowest BCUT2D eigenvalue weighted by atomic mass is 10.0. The quantitative estimate of drug-likeness (QED) is 0.876. The van der Waals surface area contributed by atoms with Crippen molar-refractivity contribution in [1.29, 1.82) is 0 Å². The Bertz CT molecular complexity index is 602. The second-order valence-electron chi connectivity index (χ2n) is 3.69. The molecule has 0 heterocycles. The largest absolute Gasteiger partial charge is 0.366 e. The highest BCUT2D eigenvalue weighted by atomic mass is 19.1. The van der Waals surface area contributed by atoms with Gasteiger partial charge in [0.1, 0.15) is 17.5 Å². The predicted molar refractivity (Wildman–Crippen MR) is 60.3 cm³/mol. The van der Waals surface area contributed by atoms with Crippen molar-refractivity contribution in [2.24, 2.45) is 5.73 Å². The molecule has 18 heavy (non-hydrogen) atoms. The first-order valence-electron chi connectivity index (χ1n) is 5.04. The van der Waals surface area contributed by atoms with Gasteiger partial charge in [-0.15, -0.1) is 0 Å². The summed E-state index contributed by atoms with van der Waals surface area (Å²) in [7, 11) is 0. The summed E-state index contributed by atoms with van der Waals surface area (Å²) in [6.45, 7) is 0. The Kier molecular flexibility index (Phi) is 3.06. The number of nitrogens with two attached hydrogens (primary N) is 1. The van der Waals surface area contributed by atoms with Gasteiger partial charge in [0.15, 0.2) is 0 Å². The summed E-state index contributed by atoms with van der Waals surface area (Å²) in [6, 6.07) is 6.53. The van der Waals surface area contributed by atoms with Gasteiger partial charge in [0.05, 0.1) is 5.56 Å². The van der Waals surface area contributed by atoms with Gasteiger partial charge in [-0.05, 0) is 29.8 Å². The minimum Gasteiger partial charge on any atom is -0.366 e. The van der Waals surface area contributed by atoms with Crippen LogP contribution in [0.1, 0.15) is 10.4 Å². The second-order valence-corrected chi connectivity index (χ2v) is 3.69. The SMILES string of the molecule is NC(=O)c1cc(F)c(-c2cccc(F)c2)c(F)c1. The van der Waals surface area contributed by atoms with E-state index in [0.29, 0.717) is 0 Å². The summed E-state index contributed by atoms with van der Waals surface area (Å²) in [5.41, 5.74) is 4.33. The number of rotatable bonds is 2. The van der Waals surface area contributed by atoms with Crippen molar-refractivity contribution < 1.29 is 18.0 Å². The zero-order valence-electron chi connectivity index (χ0n) is 9.08. The van der Waals surface area contributed by atoms with Crippen LogP contribution >= 0.6 is 0 Å². The normalized spacial score (nSPS) is 10.4. The van der Waals surface area contributed by atoms with Crippen LogP contribution in [0.25, 0.3) is 11.1 Å². The van der Waals surface area contributed by atoms with E-state index >= 15 is 0 Å². The molecule has 1 amide bonds. The summed E-state index contributed by atoms with van der Waals surface area (Å²) < 4.78 is 40.4. The Morgan fingerprint density at radius 1 is 1.00 bits per heavy atom. The lowest BCUT2D eigenvalue weighted by Crippen LogP contribution is -2.12. The molecule has 5 heteroatoms. The Balaban J connectivity index is 2.62. The third-order valence-corrected chi connectivity index (χ3v) is 2.44. The molecule has 0 aromatic heterocycles. The zero-order chi connectivity index (χ0) is 13.3. The molecule has 2 rings (SSSR count). The van der Waals surface area contributed by atoms with E-state index in [4.69, 9.17) is 5.73 Å². The standard InChI is InChI=1S/C13H8F3NO/c14-9-3-1-2-7(4-9)12-10(15)5-8(13(17)18)6-11(12)16/h1-6H,(H2,17,18). The van der Waals surface area contributed by atoms with E-state index in [0.717, 1.165) is 24.3 Å². The first-order chi connectivity index (χ1) is 8.49. The molecule has 0 bridgehead atoms. The van der Waals surface area contributed by atoms with Crippen molar-refractivity contribution >= 4 is 5.91 Å². The molecular formula is C13H8F3NO. The predicted octanol–water partition coefficient (Wildman–Crippen LogP) is 2.87. The lowest BCUT2D eigenvalue weighted by Gasteiger charge is -2.07. The van der Waals surface area contributed by atoms with Gasteiger partial charge in [0, 0.05) is 5.56 Å². The minimum absolute atomic E-state index is 0.0565. The summed E-state index contributed by atoms with van der Waals surface area (Å²) >= 11 is 0. The van der Waals surface area contributed by atoms with Gasteiger partial charge < -0.3 is 5.73 Å². The molecule has 0 unspecified atom stereocenters. The number of hydrogen-bond acceptors (Lipinski definition) is 1. The van der Waals surface area contributed by atoms with Crippen molar-refractivity contribution in [2.45, 2.75) is 0 Å². The Labute approximate surface area is 101 Å². The number of carbonyl (C=O) groups excluding carboxylic acids is 1. The van der Waals surface area contributed by atoms with Crippen LogP contribution in [0.2, 0.25) is 0 Å². The number of halogens is 3. The number of carbonyl (C=O) groups is 1. The summed E-state index contributed by atoms with van der Waals surface area (Å²) in [5.74, 6) is -3.47. The average Bonchev–Trinajstić information content (AvgIpc) is 2.27. The molecule has 92 valence electrons. The third kappa shape index (κ3) is 2.20. The van der Waals surface area contributed by atoms with E-state index < -0.39 is 23.4 Å². The van der Waals surface area contributed by atoms with Crippen LogP contribution in [-0.2, 0) is 0 Å². The van der Waals surface area contributed by atoms with E-state index in [1.807, 2.05) is 0 Å². The Hall–Kier alpha value is -2.30. The maximum atomic E-state index is 13.7. The first-order valence-corrected chi connectivity index (χ1v) is 5.04. The lowest BCUT2D eigenvalue weighted by molar-refractivity contribution is 0.0999. The van der Waals surface area contributed by atoms with Gasteiger partial charge in [0.25, 0.3) is 0 Å². The molecule has 2 nitrogen and oxygen atoms in total. The van der Waals surface area contributed by atoms with E-state index in [1.165, 1.54) is 12.1 Å². The van der Waals surface area contributed by atoms with E-state index in [9.17, 15) is 18.0 Å². The Morgan fingerprint density at radius 3 is 2.11 bits per heavy atom. The van der Waals surface area contributed by atoms with Crippen molar-refractivity contribution in [3.05, 3.63) is 59.4 Å². The van der Waals surface area contributed by atoms with Gasteiger partial charge in [0.2, 0.25) is 5.91 Å². The maximum Gasteiger partial charge on any atom is 0.248 e. The van der Waals surface area contributed by atoms with E-state index in [-0.39, 0.29) is 16.7 Å². The number of primary amides is 1. The van der Waals surface area contributed by atoms with Crippen molar-refractivity contribution in [3.63, 3.8) is 0 Å². The molecule has 2 aromatic rings. The monoisotopic (exact) mass is 251 g/mol. The summed E-state index contributed by atoms with van der Waals surface area (Å²) in [6.07, 6.45) is 0. The van der Waals surface area contributed by atoms with Crippen LogP contribution < -0.4 is 5.73 Å². The van der Waals surface area contributed by atoms with Gasteiger partial charge in [-0.1, -0.05) is 12.1 Å². The third-order valence-electron chi connectivity index (χ3n) is 2.44. The fraction of sp³-hybridized carbons (Fsp3) is 0. The van der Waals surface area contributed by atoms with Gasteiger partial charge >= 0.3 is 0 Å². The van der Waals surface area contributed by atoms with Crippen LogP contribution in [0, 0.1) is 17.5 Å². The minimum atomic E-state index is -0.964. The van der Waals surface area contributed by atoms with E-state index in [1.54, 1.807) is 0 Å². The number of hydrogen-bond donors (Lipinski definition) is 1. The molecular weight excluding hydrogens is 243 g/mol. The first kappa shape index (κ1) is 12.2. The maximum absolute atomic E-state index is 13.7. The van der Waals surface area contributed by atoms with Gasteiger partial charge in [-0.2, -0.15) is 0 Å². The van der Waals surface area contributed by atoms with Crippen LogP contribution in [-0.4, -0.2) is 5.91 Å². The van der Waals surface area contributed by atoms with Crippen LogP contribution in [0.15, 0.2) is 36.4 Å². The van der Waals surface area contributed by atoms with Crippen molar-refractivity contribution in [3.8, 4) is 11.1 Å². The molecule has 0 atom stereocenters. The highest BCUT2D eigenvalue weighted by Gasteiger charge is 2.15. The molecule has 0 fully saturated rings. The molecule has 0 aliphatic rings. The van der Waals surface area contributed by atoms with Gasteiger partial charge in [-0.3, -0.25) is 4.79 Å². The summed E-state index contributed by atoms with van der Waals surface area (Å²) in [4.78, 5) is 10.8. The molecule has 0 radical (unpaired) electrons. The van der Waals surface area contributed by atoms with E-state index in [2.05, 4.69) is 0 Å². The van der Waals surface area contributed by atoms with Crippen LogP contribution in [0.4, 0.5) is 13.2 Å². The molecule has 2 N–H and O–H groups in total. The smallest absolute Gasteiger partial charge is 0.248 e. The summed E-state index contributed by atoms with van der Waals surface area (Å²) in [5, 5.41) is 0. The van der Waals surface area contributed by atoms with Crippen LogP contribution in [0.3, 0.4) is 0 Å². The topological polar surface area (TPSA) is 43.1 Å². The molecule has 0 spiro atoms. The molecule has 0 aliphatic carbocycles. The van der Waals surface area contributed by atoms with Crippen LogP contribution in [0.5, 0.6) is 0 Å². The second kappa shape index (κ2) is 4.52. The van der Waals surface area contributed by atoms with Crippen molar-refractivity contribution in [2.75, 3.05) is 0 Å². The number of amides is 1.